The first-order chi connectivity index (χ1) is 9.31. The molecule has 0 unspecified atom stereocenters. The Labute approximate surface area is 127 Å². The minimum absolute atomic E-state index is 0.138. The van der Waals surface area contributed by atoms with Crippen molar-refractivity contribution in [1.29, 1.82) is 0 Å². The molecule has 2 aromatic rings. The van der Waals surface area contributed by atoms with Crippen LogP contribution in [0.15, 0.2) is 35.2 Å². The molecule has 0 atom stereocenters. The summed E-state index contributed by atoms with van der Waals surface area (Å²) in [5.41, 5.74) is 1.38. The van der Waals surface area contributed by atoms with Gasteiger partial charge in [0.25, 0.3) is 10.0 Å². The summed E-state index contributed by atoms with van der Waals surface area (Å²) in [4.78, 5) is 4.14. The number of benzene rings is 1. The second kappa shape index (κ2) is 5.60. The molecule has 0 saturated carbocycles. The van der Waals surface area contributed by atoms with Crippen molar-refractivity contribution in [2.24, 2.45) is 0 Å². The second-order valence-electron chi connectivity index (χ2n) is 4.24. The number of pyridine rings is 1. The first kappa shape index (κ1) is 15.1. The third-order valence-electron chi connectivity index (χ3n) is 2.80. The first-order valence-corrected chi connectivity index (χ1v) is 7.96. The number of nitrogens with one attached hydrogen (secondary N) is 1. The molecular weight excluding hydrogens is 319 g/mol. The van der Waals surface area contributed by atoms with Crippen molar-refractivity contribution in [1.82, 2.24) is 4.98 Å². The van der Waals surface area contributed by atoms with Gasteiger partial charge in [-0.1, -0.05) is 29.3 Å². The van der Waals surface area contributed by atoms with Crippen LogP contribution in [0.1, 0.15) is 11.3 Å². The minimum Gasteiger partial charge on any atom is -0.278 e. The van der Waals surface area contributed by atoms with E-state index in [4.69, 9.17) is 23.2 Å². The van der Waals surface area contributed by atoms with Gasteiger partial charge in [0.15, 0.2) is 0 Å². The molecule has 1 aromatic carbocycles. The monoisotopic (exact) mass is 330 g/mol. The third-order valence-corrected chi connectivity index (χ3v) is 4.93. The molecule has 0 amide bonds. The van der Waals surface area contributed by atoms with Gasteiger partial charge in [0.1, 0.15) is 5.15 Å². The zero-order chi connectivity index (χ0) is 14.9. The number of aryl methyl sites for hydroxylation is 1. The SMILES string of the molecule is Cc1nc(Cl)ccc1NS(=O)(=O)c1cccc(Cl)c1C. The molecule has 0 aliphatic rings. The smallest absolute Gasteiger partial charge is 0.262 e. The minimum atomic E-state index is -3.72. The maximum Gasteiger partial charge on any atom is 0.262 e. The zero-order valence-electron chi connectivity index (χ0n) is 10.8. The number of hydrogen-bond donors (Lipinski definition) is 1. The van der Waals surface area contributed by atoms with Gasteiger partial charge in [-0.2, -0.15) is 0 Å². The van der Waals surface area contributed by atoms with Gasteiger partial charge in [-0.05, 0) is 43.7 Å². The molecule has 0 fully saturated rings. The predicted molar refractivity (Wildman–Crippen MR) is 81.0 cm³/mol. The Morgan fingerprint density at radius 3 is 2.45 bits per heavy atom. The summed E-state index contributed by atoms with van der Waals surface area (Å²) in [6.45, 7) is 3.33. The average molecular weight is 331 g/mol. The van der Waals surface area contributed by atoms with Crippen LogP contribution < -0.4 is 4.72 Å². The van der Waals surface area contributed by atoms with E-state index in [-0.39, 0.29) is 4.90 Å². The fraction of sp³-hybridized carbons (Fsp3) is 0.154. The number of aromatic nitrogens is 1. The summed E-state index contributed by atoms with van der Waals surface area (Å²) >= 11 is 11.7. The van der Waals surface area contributed by atoms with Crippen molar-refractivity contribution in [3.8, 4) is 0 Å². The van der Waals surface area contributed by atoms with Gasteiger partial charge in [0.05, 0.1) is 16.3 Å². The van der Waals surface area contributed by atoms with Crippen LogP contribution in [0.5, 0.6) is 0 Å². The lowest BCUT2D eigenvalue weighted by Gasteiger charge is -2.12. The summed E-state index contributed by atoms with van der Waals surface area (Å²) in [7, 11) is -3.72. The second-order valence-corrected chi connectivity index (χ2v) is 6.68. The Morgan fingerprint density at radius 2 is 1.80 bits per heavy atom. The van der Waals surface area contributed by atoms with Gasteiger partial charge >= 0.3 is 0 Å². The maximum absolute atomic E-state index is 12.4. The number of nitrogens with zero attached hydrogens (tertiary/aromatic N) is 1. The Hall–Kier alpha value is -1.30. The van der Waals surface area contributed by atoms with E-state index >= 15 is 0 Å². The van der Waals surface area contributed by atoms with Gasteiger partial charge in [0.2, 0.25) is 0 Å². The van der Waals surface area contributed by atoms with Gasteiger partial charge in [-0.15, -0.1) is 0 Å². The van der Waals surface area contributed by atoms with E-state index < -0.39 is 10.0 Å². The van der Waals surface area contributed by atoms with E-state index in [2.05, 4.69) is 9.71 Å². The number of halogens is 2. The van der Waals surface area contributed by atoms with Crippen molar-refractivity contribution in [2.45, 2.75) is 18.7 Å². The van der Waals surface area contributed by atoms with Crippen LogP contribution >= 0.6 is 23.2 Å². The molecular formula is C13H12Cl2N2O2S. The molecule has 20 heavy (non-hydrogen) atoms. The van der Waals surface area contributed by atoms with Crippen molar-refractivity contribution in [3.05, 3.63) is 51.8 Å². The topological polar surface area (TPSA) is 59.1 Å². The van der Waals surface area contributed by atoms with Gasteiger partial charge in [0, 0.05) is 5.02 Å². The molecule has 0 aliphatic heterocycles. The molecule has 0 radical (unpaired) electrons. The summed E-state index contributed by atoms with van der Waals surface area (Å²) in [6, 6.07) is 7.84. The molecule has 106 valence electrons. The normalized spacial score (nSPS) is 11.4. The van der Waals surface area contributed by atoms with E-state index in [0.717, 1.165) is 0 Å². The average Bonchev–Trinajstić information content (AvgIpc) is 2.36. The lowest BCUT2D eigenvalue weighted by Crippen LogP contribution is -2.15. The molecule has 1 heterocycles. The van der Waals surface area contributed by atoms with Crippen LogP contribution in [0, 0.1) is 13.8 Å². The Morgan fingerprint density at radius 1 is 1.10 bits per heavy atom. The molecule has 1 aromatic heterocycles. The quantitative estimate of drug-likeness (QED) is 0.870. The summed E-state index contributed by atoms with van der Waals surface area (Å²) in [6.07, 6.45) is 0. The highest BCUT2D eigenvalue weighted by molar-refractivity contribution is 7.92. The fourth-order valence-electron chi connectivity index (χ4n) is 1.72. The first-order valence-electron chi connectivity index (χ1n) is 5.72. The predicted octanol–water partition coefficient (Wildman–Crippen LogP) is 3.81. The lowest BCUT2D eigenvalue weighted by molar-refractivity contribution is 0.600. The Balaban J connectivity index is 2.44. The zero-order valence-corrected chi connectivity index (χ0v) is 13.1. The Bertz CT molecular complexity index is 761. The van der Waals surface area contributed by atoms with Crippen LogP contribution in [-0.2, 0) is 10.0 Å². The van der Waals surface area contributed by atoms with E-state index in [9.17, 15) is 8.42 Å². The number of rotatable bonds is 3. The van der Waals surface area contributed by atoms with Crippen molar-refractivity contribution >= 4 is 38.9 Å². The molecule has 0 bridgehead atoms. The van der Waals surface area contributed by atoms with E-state index in [0.29, 0.717) is 27.1 Å². The van der Waals surface area contributed by atoms with Gasteiger partial charge in [-0.3, -0.25) is 4.72 Å². The van der Waals surface area contributed by atoms with E-state index in [1.165, 1.54) is 12.1 Å². The summed E-state index contributed by atoms with van der Waals surface area (Å²) in [5, 5.41) is 0.711. The number of sulfonamides is 1. The number of hydrogen-bond acceptors (Lipinski definition) is 3. The molecule has 0 spiro atoms. The fourth-order valence-corrected chi connectivity index (χ4v) is 3.52. The standard InChI is InChI=1S/C13H12Cl2N2O2S/c1-8-10(14)4-3-5-12(8)20(18,19)17-11-6-7-13(15)16-9(11)2/h3-7,17H,1-2H3. The van der Waals surface area contributed by atoms with Crippen molar-refractivity contribution in [2.75, 3.05) is 4.72 Å². The van der Waals surface area contributed by atoms with Crippen molar-refractivity contribution < 1.29 is 8.42 Å². The molecule has 0 aliphatic carbocycles. The summed E-state index contributed by atoms with van der Waals surface area (Å²) in [5.74, 6) is 0. The van der Waals surface area contributed by atoms with Gasteiger partial charge in [-0.25, -0.2) is 13.4 Å². The largest absolute Gasteiger partial charge is 0.278 e. The van der Waals surface area contributed by atoms with Crippen LogP contribution in [0.2, 0.25) is 10.2 Å². The summed E-state index contributed by atoms with van der Waals surface area (Å²) < 4.78 is 27.3. The third kappa shape index (κ3) is 3.06. The van der Waals surface area contributed by atoms with E-state index in [1.807, 2.05) is 0 Å². The van der Waals surface area contributed by atoms with Crippen LogP contribution in [0.3, 0.4) is 0 Å². The molecule has 1 N–H and O–H groups in total. The Kier molecular flexibility index (Phi) is 4.22. The highest BCUT2D eigenvalue weighted by atomic mass is 35.5. The molecule has 0 saturated heterocycles. The molecule has 7 heteroatoms. The van der Waals surface area contributed by atoms with E-state index in [1.54, 1.807) is 32.0 Å². The highest BCUT2D eigenvalue weighted by Gasteiger charge is 2.19. The lowest BCUT2D eigenvalue weighted by atomic mass is 10.2. The molecule has 2 rings (SSSR count). The van der Waals surface area contributed by atoms with Crippen LogP contribution in [0.4, 0.5) is 5.69 Å². The van der Waals surface area contributed by atoms with Crippen LogP contribution in [-0.4, -0.2) is 13.4 Å². The highest BCUT2D eigenvalue weighted by Crippen LogP contribution is 2.25. The van der Waals surface area contributed by atoms with Gasteiger partial charge < -0.3 is 0 Å². The van der Waals surface area contributed by atoms with Crippen molar-refractivity contribution in [3.63, 3.8) is 0 Å². The molecule has 4 nitrogen and oxygen atoms in total. The number of anilines is 1. The maximum atomic E-state index is 12.4. The van der Waals surface area contributed by atoms with Crippen LogP contribution in [0.25, 0.3) is 0 Å².